The average Bonchev–Trinajstić information content (AvgIpc) is 3.24. The maximum absolute atomic E-state index is 13.6. The highest BCUT2D eigenvalue weighted by atomic mass is 32.2. The molecule has 0 spiro atoms. The average molecular weight is 520 g/mol. The maximum atomic E-state index is 13.6. The number of anilines is 1. The molecule has 10 heteroatoms. The van der Waals surface area contributed by atoms with Crippen LogP contribution in [0.5, 0.6) is 5.75 Å². The van der Waals surface area contributed by atoms with Crippen LogP contribution < -0.4 is 9.64 Å². The van der Waals surface area contributed by atoms with Gasteiger partial charge < -0.3 is 14.7 Å². The second-order valence-corrected chi connectivity index (χ2v) is 13.1. The van der Waals surface area contributed by atoms with Gasteiger partial charge in [0.2, 0.25) is 5.92 Å². The molecule has 1 heterocycles. The van der Waals surface area contributed by atoms with E-state index in [9.17, 15) is 27.1 Å². The first-order valence-electron chi connectivity index (χ1n) is 11.7. The summed E-state index contributed by atoms with van der Waals surface area (Å²) in [5.41, 5.74) is -0.542. The van der Waals surface area contributed by atoms with Crippen molar-refractivity contribution in [2.24, 2.45) is 11.3 Å². The number of aliphatic carboxylic acids is 1. The number of sulfone groups is 1. The number of carboxylic acid groups (broad SMARTS) is 1. The first kappa shape index (κ1) is 27.0. The molecule has 6 nitrogen and oxygen atoms in total. The molecule has 1 N–H and O–H groups in total. The minimum Gasteiger partial charge on any atom is -0.491 e. The van der Waals surface area contributed by atoms with Crippen LogP contribution in [0.2, 0.25) is 0 Å². The third kappa shape index (κ3) is 6.36. The molecule has 3 rings (SSSR count). The number of hydrogen-bond donors (Lipinski definition) is 1. The van der Waals surface area contributed by atoms with Crippen LogP contribution in [-0.2, 0) is 14.6 Å². The predicted molar refractivity (Wildman–Crippen MR) is 130 cm³/mol. The Kier molecular flexibility index (Phi) is 8.12. The largest absolute Gasteiger partial charge is 0.491 e. The highest BCUT2D eigenvalue weighted by Gasteiger charge is 2.38. The van der Waals surface area contributed by atoms with Gasteiger partial charge >= 0.3 is 5.97 Å². The molecule has 2 aliphatic rings. The number of hydrogen-bond acceptors (Lipinski definition) is 6. The second kappa shape index (κ2) is 10.2. The topological polar surface area (TPSA) is 83.9 Å². The molecule has 1 atom stereocenters. The van der Waals surface area contributed by atoms with Crippen molar-refractivity contribution >= 4 is 33.3 Å². The molecule has 0 bridgehead atoms. The Bertz CT molecular complexity index is 1000. The number of alkyl halides is 2. The summed E-state index contributed by atoms with van der Waals surface area (Å²) >= 11 is 1.40. The van der Waals surface area contributed by atoms with Crippen molar-refractivity contribution in [2.45, 2.75) is 81.1 Å². The van der Waals surface area contributed by atoms with E-state index in [1.165, 1.54) is 17.8 Å². The number of carboxylic acids is 1. The maximum Gasteiger partial charge on any atom is 0.312 e. The lowest BCUT2D eigenvalue weighted by molar-refractivity contribution is -0.148. The van der Waals surface area contributed by atoms with Gasteiger partial charge in [-0.05, 0) is 58.3 Å². The minimum absolute atomic E-state index is 0.116. The standard InChI is InChI=1S/C24H35F2NO5S2/c1-23(2,22(28)29)15-32-19-12-21-18(11-20(19)33-4)27(17-7-5-6-8-17)13-16(14-34(21,30)31)9-10-24(3,25)26/h11-12,16-17H,5-10,13-15H2,1-4H3,(H,28,29)/t16-/m0/s1. The molecule has 0 amide bonds. The number of nitrogens with zero attached hydrogens (tertiary/aromatic N) is 1. The third-order valence-corrected chi connectivity index (χ3v) is 9.39. The van der Waals surface area contributed by atoms with Gasteiger partial charge in [0.05, 0.1) is 26.6 Å². The second-order valence-electron chi connectivity index (χ2n) is 10.3. The van der Waals surface area contributed by atoms with E-state index in [4.69, 9.17) is 4.74 Å². The summed E-state index contributed by atoms with van der Waals surface area (Å²) in [6, 6.07) is 3.49. The van der Waals surface area contributed by atoms with E-state index in [0.717, 1.165) is 37.5 Å². The molecular weight excluding hydrogens is 484 g/mol. The van der Waals surface area contributed by atoms with Gasteiger partial charge in [-0.3, -0.25) is 4.79 Å². The summed E-state index contributed by atoms with van der Waals surface area (Å²) in [6.07, 6.45) is 5.63. The summed E-state index contributed by atoms with van der Waals surface area (Å²) in [6.45, 7) is 4.27. The fourth-order valence-electron chi connectivity index (χ4n) is 4.62. The third-order valence-electron chi connectivity index (χ3n) is 6.72. The number of carbonyl (C=O) groups is 1. The Hall–Kier alpha value is -1.55. The molecule has 192 valence electrons. The Labute approximate surface area is 205 Å². The summed E-state index contributed by atoms with van der Waals surface area (Å²) in [5.74, 6) is -4.13. The fourth-order valence-corrected chi connectivity index (χ4v) is 7.02. The number of benzene rings is 1. The summed E-state index contributed by atoms with van der Waals surface area (Å²) in [7, 11) is -3.77. The predicted octanol–water partition coefficient (Wildman–Crippen LogP) is 5.49. The van der Waals surface area contributed by atoms with Crippen LogP contribution in [0.25, 0.3) is 0 Å². The van der Waals surface area contributed by atoms with Crippen LogP contribution in [-0.4, -0.2) is 56.6 Å². The van der Waals surface area contributed by atoms with Crippen molar-refractivity contribution in [1.82, 2.24) is 0 Å². The monoisotopic (exact) mass is 519 g/mol. The molecular formula is C24H35F2NO5S2. The highest BCUT2D eigenvalue weighted by Crippen LogP contribution is 2.43. The number of halogens is 2. The van der Waals surface area contributed by atoms with Crippen LogP contribution >= 0.6 is 11.8 Å². The first-order valence-corrected chi connectivity index (χ1v) is 14.6. The molecule has 0 unspecified atom stereocenters. The van der Waals surface area contributed by atoms with Crippen LogP contribution in [0.1, 0.15) is 59.3 Å². The van der Waals surface area contributed by atoms with Gasteiger partial charge in [0, 0.05) is 25.1 Å². The van der Waals surface area contributed by atoms with Crippen LogP contribution in [0.4, 0.5) is 14.5 Å². The molecule has 0 aromatic heterocycles. The molecule has 1 aromatic carbocycles. The highest BCUT2D eigenvalue weighted by molar-refractivity contribution is 7.98. The van der Waals surface area contributed by atoms with E-state index < -0.39 is 33.1 Å². The molecule has 0 saturated heterocycles. The Morgan fingerprint density at radius 1 is 1.24 bits per heavy atom. The molecule has 1 fully saturated rings. The molecule has 1 aliphatic heterocycles. The van der Waals surface area contributed by atoms with Crippen LogP contribution in [0.3, 0.4) is 0 Å². The lowest BCUT2D eigenvalue weighted by Crippen LogP contribution is -2.37. The SMILES string of the molecule is CSc1cc2c(cc1OCC(C)(C)C(=O)O)S(=O)(=O)C[C@@H](CCC(C)(F)F)CN2C1CCCC1. The summed E-state index contributed by atoms with van der Waals surface area (Å²) in [4.78, 5) is 14.5. The van der Waals surface area contributed by atoms with E-state index in [1.807, 2.05) is 12.3 Å². The lowest BCUT2D eigenvalue weighted by atomic mass is 9.95. The minimum atomic E-state index is -3.77. The van der Waals surface area contributed by atoms with Gasteiger partial charge in [-0.2, -0.15) is 0 Å². The van der Waals surface area contributed by atoms with E-state index in [-0.39, 0.29) is 36.1 Å². The van der Waals surface area contributed by atoms with Crippen molar-refractivity contribution in [3.8, 4) is 5.75 Å². The molecule has 1 aromatic rings. The number of ether oxygens (including phenoxy) is 1. The van der Waals surface area contributed by atoms with Crippen molar-refractivity contribution in [1.29, 1.82) is 0 Å². The molecule has 34 heavy (non-hydrogen) atoms. The lowest BCUT2D eigenvalue weighted by Gasteiger charge is -2.33. The van der Waals surface area contributed by atoms with E-state index >= 15 is 0 Å². The van der Waals surface area contributed by atoms with Crippen molar-refractivity contribution in [3.05, 3.63) is 12.1 Å². The van der Waals surface area contributed by atoms with Gasteiger partial charge in [-0.15, -0.1) is 11.8 Å². The molecule has 0 radical (unpaired) electrons. The molecule has 1 saturated carbocycles. The zero-order chi connectivity index (χ0) is 25.3. The van der Waals surface area contributed by atoms with E-state index in [2.05, 4.69) is 4.90 Å². The van der Waals surface area contributed by atoms with Gasteiger partial charge in [0.25, 0.3) is 0 Å². The quantitative estimate of drug-likeness (QED) is 0.432. The smallest absolute Gasteiger partial charge is 0.312 e. The van der Waals surface area contributed by atoms with Gasteiger partial charge in [-0.1, -0.05) is 12.8 Å². The van der Waals surface area contributed by atoms with Gasteiger partial charge in [0.15, 0.2) is 9.84 Å². The van der Waals surface area contributed by atoms with Gasteiger partial charge in [0.1, 0.15) is 12.4 Å². The Morgan fingerprint density at radius 2 is 1.88 bits per heavy atom. The summed E-state index contributed by atoms with van der Waals surface area (Å²) in [5, 5.41) is 9.41. The van der Waals surface area contributed by atoms with Gasteiger partial charge in [-0.25, -0.2) is 17.2 Å². The fraction of sp³-hybridized carbons (Fsp3) is 0.708. The normalized spacial score (nSPS) is 21.2. The number of fused-ring (bicyclic) bond motifs is 1. The summed E-state index contributed by atoms with van der Waals surface area (Å²) < 4.78 is 60.0. The first-order chi connectivity index (χ1) is 15.7. The van der Waals surface area contributed by atoms with Crippen LogP contribution in [0, 0.1) is 11.3 Å². The number of rotatable bonds is 9. The van der Waals surface area contributed by atoms with E-state index in [1.54, 1.807) is 13.8 Å². The van der Waals surface area contributed by atoms with Crippen molar-refractivity contribution in [3.63, 3.8) is 0 Å². The Balaban J connectivity index is 2.03. The zero-order valence-corrected chi connectivity index (χ0v) is 21.9. The van der Waals surface area contributed by atoms with E-state index in [0.29, 0.717) is 18.0 Å². The molecule has 1 aliphatic carbocycles. The van der Waals surface area contributed by atoms with Crippen molar-refractivity contribution in [2.75, 3.05) is 30.1 Å². The van der Waals surface area contributed by atoms with Crippen LogP contribution in [0.15, 0.2) is 21.9 Å². The zero-order valence-electron chi connectivity index (χ0n) is 20.3. The van der Waals surface area contributed by atoms with Crippen molar-refractivity contribution < 1.29 is 31.8 Å². The Morgan fingerprint density at radius 3 is 2.44 bits per heavy atom. The number of thioether (sulfide) groups is 1.